The second kappa shape index (κ2) is 6.85. The van der Waals surface area contributed by atoms with Gasteiger partial charge in [0.05, 0.1) is 13.3 Å². The van der Waals surface area contributed by atoms with Gasteiger partial charge >= 0.3 is 0 Å². The normalized spacial score (nSPS) is 10.4. The topological polar surface area (TPSA) is 34.1 Å². The van der Waals surface area contributed by atoms with Gasteiger partial charge in [0, 0.05) is 12.7 Å². The van der Waals surface area contributed by atoms with Crippen LogP contribution in [0.1, 0.15) is 11.1 Å². The summed E-state index contributed by atoms with van der Waals surface area (Å²) in [6.07, 6.45) is 3.78. The Balaban J connectivity index is 1.77. The van der Waals surface area contributed by atoms with Gasteiger partial charge in [-0.2, -0.15) is 0 Å². The molecule has 0 amide bonds. The minimum atomic E-state index is -0.299. The van der Waals surface area contributed by atoms with Crippen LogP contribution < -0.4 is 10.1 Å². The number of nitrogens with zero attached hydrogens (tertiary/aromatic N) is 1. The van der Waals surface area contributed by atoms with E-state index in [0.717, 1.165) is 24.3 Å². The molecule has 0 atom stereocenters. The maximum Gasteiger partial charge on any atom is 0.141 e. The Kier molecular flexibility index (Phi) is 4.86. The first-order chi connectivity index (χ1) is 9.28. The predicted octanol–water partition coefficient (Wildman–Crippen LogP) is 2.56. The first-order valence-electron chi connectivity index (χ1n) is 6.21. The van der Waals surface area contributed by atoms with Crippen molar-refractivity contribution in [2.45, 2.75) is 13.0 Å². The molecule has 4 heteroatoms. The van der Waals surface area contributed by atoms with Crippen molar-refractivity contribution in [3.05, 3.63) is 59.7 Å². The zero-order valence-electron chi connectivity index (χ0n) is 10.9. The van der Waals surface area contributed by atoms with Crippen molar-refractivity contribution in [1.82, 2.24) is 10.3 Å². The molecule has 0 aliphatic rings. The Labute approximate surface area is 112 Å². The van der Waals surface area contributed by atoms with Crippen LogP contribution in [0.5, 0.6) is 5.75 Å². The zero-order chi connectivity index (χ0) is 13.5. The summed E-state index contributed by atoms with van der Waals surface area (Å²) < 4.78 is 18.1. The van der Waals surface area contributed by atoms with E-state index in [9.17, 15) is 4.39 Å². The molecule has 2 rings (SSSR count). The first kappa shape index (κ1) is 13.5. The fourth-order valence-corrected chi connectivity index (χ4v) is 1.85. The van der Waals surface area contributed by atoms with Gasteiger partial charge in [0.25, 0.3) is 0 Å². The van der Waals surface area contributed by atoms with E-state index < -0.39 is 0 Å². The third kappa shape index (κ3) is 4.34. The highest BCUT2D eigenvalue weighted by atomic mass is 19.1. The van der Waals surface area contributed by atoms with Gasteiger partial charge in [0.2, 0.25) is 0 Å². The minimum absolute atomic E-state index is 0.299. The smallest absolute Gasteiger partial charge is 0.141 e. The molecule has 1 heterocycles. The van der Waals surface area contributed by atoms with Crippen LogP contribution in [0.3, 0.4) is 0 Å². The van der Waals surface area contributed by atoms with Crippen molar-refractivity contribution in [2.24, 2.45) is 0 Å². The molecule has 0 saturated carbocycles. The fraction of sp³-hybridized carbons (Fsp3) is 0.267. The van der Waals surface area contributed by atoms with Crippen LogP contribution in [-0.4, -0.2) is 18.6 Å². The van der Waals surface area contributed by atoms with E-state index >= 15 is 0 Å². The number of nitrogens with one attached hydrogen (secondary N) is 1. The molecule has 1 N–H and O–H groups in total. The van der Waals surface area contributed by atoms with Crippen molar-refractivity contribution < 1.29 is 9.13 Å². The third-order valence-electron chi connectivity index (χ3n) is 2.82. The second-order valence-electron chi connectivity index (χ2n) is 4.29. The van der Waals surface area contributed by atoms with Crippen molar-refractivity contribution in [3.8, 4) is 5.75 Å². The number of hydrogen-bond donors (Lipinski definition) is 1. The van der Waals surface area contributed by atoms with E-state index in [1.54, 1.807) is 13.3 Å². The molecule has 3 nitrogen and oxygen atoms in total. The molecule has 19 heavy (non-hydrogen) atoms. The first-order valence-corrected chi connectivity index (χ1v) is 6.21. The lowest BCUT2D eigenvalue weighted by Crippen LogP contribution is -2.16. The summed E-state index contributed by atoms with van der Waals surface area (Å²) in [6, 6.07) is 9.48. The Hall–Kier alpha value is -1.94. The Morgan fingerprint density at radius 1 is 1.21 bits per heavy atom. The van der Waals surface area contributed by atoms with E-state index in [0.29, 0.717) is 6.54 Å². The van der Waals surface area contributed by atoms with E-state index in [4.69, 9.17) is 4.74 Å². The monoisotopic (exact) mass is 260 g/mol. The minimum Gasteiger partial charge on any atom is -0.497 e. The fourth-order valence-electron chi connectivity index (χ4n) is 1.85. The molecule has 0 spiro atoms. The average Bonchev–Trinajstić information content (AvgIpc) is 2.44. The van der Waals surface area contributed by atoms with Crippen molar-refractivity contribution in [3.63, 3.8) is 0 Å². The number of hydrogen-bond acceptors (Lipinski definition) is 3. The molecule has 0 bridgehead atoms. The molecule has 0 fully saturated rings. The summed E-state index contributed by atoms with van der Waals surface area (Å²) in [6.45, 7) is 1.44. The number of halogens is 1. The van der Waals surface area contributed by atoms with E-state index in [1.165, 1.54) is 17.8 Å². The maximum atomic E-state index is 12.9. The molecule has 1 aromatic heterocycles. The maximum absolute atomic E-state index is 12.9. The van der Waals surface area contributed by atoms with Crippen molar-refractivity contribution >= 4 is 0 Å². The van der Waals surface area contributed by atoms with E-state index in [2.05, 4.69) is 16.4 Å². The standard InChI is InChI=1S/C15H17FN2O/c1-19-15-4-2-3-12(8-15)5-6-17-9-13-7-14(16)11-18-10-13/h2-4,7-8,10-11,17H,5-6,9H2,1H3. The number of rotatable bonds is 6. The molecular weight excluding hydrogens is 243 g/mol. The average molecular weight is 260 g/mol. The highest BCUT2D eigenvalue weighted by molar-refractivity contribution is 5.28. The Morgan fingerprint density at radius 3 is 2.89 bits per heavy atom. The van der Waals surface area contributed by atoms with Gasteiger partial charge in [-0.3, -0.25) is 4.98 Å². The third-order valence-corrected chi connectivity index (χ3v) is 2.82. The van der Waals surface area contributed by atoms with Gasteiger partial charge in [-0.25, -0.2) is 4.39 Å². The number of aromatic nitrogens is 1. The van der Waals surface area contributed by atoms with Crippen molar-refractivity contribution in [1.29, 1.82) is 0 Å². The van der Waals surface area contributed by atoms with Crippen molar-refractivity contribution in [2.75, 3.05) is 13.7 Å². The van der Waals surface area contributed by atoms with Gasteiger partial charge in [-0.1, -0.05) is 12.1 Å². The van der Waals surface area contributed by atoms with E-state index in [1.807, 2.05) is 18.2 Å². The summed E-state index contributed by atoms with van der Waals surface area (Å²) in [5, 5.41) is 3.27. The second-order valence-corrected chi connectivity index (χ2v) is 4.29. The molecule has 1 aromatic carbocycles. The summed E-state index contributed by atoms with van der Waals surface area (Å²) in [5.41, 5.74) is 2.06. The lowest BCUT2D eigenvalue weighted by molar-refractivity contribution is 0.414. The van der Waals surface area contributed by atoms with Crippen LogP contribution >= 0.6 is 0 Å². The number of ether oxygens (including phenoxy) is 1. The SMILES string of the molecule is COc1cccc(CCNCc2cncc(F)c2)c1. The van der Waals surface area contributed by atoms with Crippen LogP contribution in [0.15, 0.2) is 42.7 Å². The van der Waals surface area contributed by atoms with Gasteiger partial charge in [-0.15, -0.1) is 0 Å². The zero-order valence-corrected chi connectivity index (χ0v) is 10.9. The summed E-state index contributed by atoms with van der Waals surface area (Å²) in [7, 11) is 1.66. The largest absolute Gasteiger partial charge is 0.497 e. The van der Waals surface area contributed by atoms with Crippen LogP contribution in [0, 0.1) is 5.82 Å². The van der Waals surface area contributed by atoms with Crippen LogP contribution in [0.2, 0.25) is 0 Å². The lowest BCUT2D eigenvalue weighted by Gasteiger charge is -2.06. The van der Waals surface area contributed by atoms with Crippen LogP contribution in [0.4, 0.5) is 4.39 Å². The number of benzene rings is 1. The van der Waals surface area contributed by atoms with Gasteiger partial charge < -0.3 is 10.1 Å². The predicted molar refractivity (Wildman–Crippen MR) is 72.6 cm³/mol. The molecule has 0 aliphatic heterocycles. The van der Waals surface area contributed by atoms with E-state index in [-0.39, 0.29) is 5.82 Å². The summed E-state index contributed by atoms with van der Waals surface area (Å²) in [4.78, 5) is 3.81. The number of pyridine rings is 1. The molecule has 2 aromatic rings. The summed E-state index contributed by atoms with van der Waals surface area (Å²) in [5.74, 6) is 0.568. The lowest BCUT2D eigenvalue weighted by atomic mass is 10.1. The molecule has 0 aliphatic carbocycles. The molecule has 0 radical (unpaired) electrons. The Bertz CT molecular complexity index is 531. The quantitative estimate of drug-likeness (QED) is 0.811. The highest BCUT2D eigenvalue weighted by Crippen LogP contribution is 2.12. The van der Waals surface area contributed by atoms with Crippen LogP contribution in [0.25, 0.3) is 0 Å². The molecule has 0 saturated heterocycles. The summed E-state index contributed by atoms with van der Waals surface area (Å²) >= 11 is 0. The van der Waals surface area contributed by atoms with Crippen LogP contribution in [-0.2, 0) is 13.0 Å². The van der Waals surface area contributed by atoms with Gasteiger partial charge in [0.15, 0.2) is 0 Å². The number of methoxy groups -OCH3 is 1. The van der Waals surface area contributed by atoms with Gasteiger partial charge in [-0.05, 0) is 42.3 Å². The highest BCUT2D eigenvalue weighted by Gasteiger charge is 1.98. The molecular formula is C15H17FN2O. The Morgan fingerprint density at radius 2 is 2.11 bits per heavy atom. The molecule has 0 unspecified atom stereocenters. The molecule has 100 valence electrons. The van der Waals surface area contributed by atoms with Gasteiger partial charge in [0.1, 0.15) is 11.6 Å².